The van der Waals surface area contributed by atoms with Gasteiger partial charge >= 0.3 is 11.9 Å². The normalized spacial score (nSPS) is 16.6. The fraction of sp³-hybridized carbons (Fsp3) is 0.358. The molecule has 0 aliphatic heterocycles. The molecule has 69 heavy (non-hydrogen) atoms. The number of rotatable bonds is 21. The van der Waals surface area contributed by atoms with Gasteiger partial charge in [0.15, 0.2) is 0 Å². The van der Waals surface area contributed by atoms with E-state index in [0.717, 1.165) is 22.3 Å². The van der Waals surface area contributed by atoms with Crippen molar-refractivity contribution in [3.8, 4) is 23.0 Å². The molecule has 2 heterocycles. The smallest absolute Gasteiger partial charge is 0.337 e. The summed E-state index contributed by atoms with van der Waals surface area (Å²) >= 11 is 0. The van der Waals surface area contributed by atoms with Crippen LogP contribution in [0.2, 0.25) is 0 Å². The molecule has 362 valence electrons. The summed E-state index contributed by atoms with van der Waals surface area (Å²) in [5.74, 6) is -0.182. The number of ether oxygens (including phenoxy) is 6. The Labute approximate surface area is 399 Å². The molecule has 8 rings (SSSR count). The minimum Gasteiger partial charge on any atom is -0.496 e. The van der Waals surface area contributed by atoms with Gasteiger partial charge in [-0.05, 0) is 110 Å². The lowest BCUT2D eigenvalue weighted by Crippen LogP contribution is -2.31. The molecule has 4 N–H and O–H groups in total. The van der Waals surface area contributed by atoms with Crippen molar-refractivity contribution in [1.82, 2.24) is 19.6 Å². The zero-order valence-corrected chi connectivity index (χ0v) is 39.5. The molecule has 0 radical (unpaired) electrons. The number of nitrogens with zero attached hydrogens (tertiary/aromatic N) is 4. The van der Waals surface area contributed by atoms with Crippen molar-refractivity contribution in [2.75, 3.05) is 35.0 Å². The average Bonchev–Trinajstić information content (AvgIpc) is 4.11. The molecule has 16 heteroatoms. The fourth-order valence-corrected chi connectivity index (χ4v) is 9.54. The van der Waals surface area contributed by atoms with E-state index in [-0.39, 0.29) is 42.8 Å². The third-order valence-electron chi connectivity index (χ3n) is 13.2. The standard InChI is InChI=1S/C53H58N4O12/c1-30-42(64-3)22-36(23-43(30)65-4)50(58)46(68-18-17-32-11-8-7-9-12-32)29-57-49-38(26-54-57)19-35(21-41(49)53(62)63)33-15-16-39(20-33)69-47(51(59)37-24-44(66-5)31(2)45(25-37)67-6)28-56-27-34-13-10-14-40(52(60)61)48(34)55-56/h7-14,19,21-27,33,39,46-47,50-51,58-59H,15-18,20,28-29H2,1-6H3,(H,60,61)(H,62,63)/t33?,39?,46?,47-,50?,51+/m0/s1. The molecule has 0 amide bonds. The van der Waals surface area contributed by atoms with E-state index in [2.05, 4.69) is 10.2 Å². The van der Waals surface area contributed by atoms with Crippen molar-refractivity contribution in [2.24, 2.45) is 0 Å². The van der Waals surface area contributed by atoms with E-state index in [1.165, 1.54) is 6.07 Å². The average molecular weight is 943 g/mol. The van der Waals surface area contributed by atoms with Crippen molar-refractivity contribution in [1.29, 1.82) is 0 Å². The van der Waals surface area contributed by atoms with Gasteiger partial charge in [-0.15, -0.1) is 0 Å². The summed E-state index contributed by atoms with van der Waals surface area (Å²) in [6.45, 7) is 4.12. The van der Waals surface area contributed by atoms with Crippen LogP contribution >= 0.6 is 0 Å². The Hall–Kier alpha value is -6.98. The predicted octanol–water partition coefficient (Wildman–Crippen LogP) is 8.25. The monoisotopic (exact) mass is 942 g/mol. The molecule has 5 aromatic carbocycles. The van der Waals surface area contributed by atoms with Crippen LogP contribution in [0.25, 0.3) is 21.8 Å². The maximum atomic E-state index is 13.1. The maximum Gasteiger partial charge on any atom is 0.337 e. The molecule has 2 aromatic heterocycles. The van der Waals surface area contributed by atoms with Crippen LogP contribution in [0.3, 0.4) is 0 Å². The topological polar surface area (TPSA) is 206 Å². The van der Waals surface area contributed by atoms with Crippen LogP contribution in [0.15, 0.2) is 97.3 Å². The number of aliphatic hydroxyl groups excluding tert-OH is 2. The third-order valence-corrected chi connectivity index (χ3v) is 13.2. The first-order valence-corrected chi connectivity index (χ1v) is 22.8. The zero-order chi connectivity index (χ0) is 48.9. The van der Waals surface area contributed by atoms with Crippen LogP contribution in [-0.2, 0) is 29.0 Å². The van der Waals surface area contributed by atoms with Crippen LogP contribution in [0, 0.1) is 13.8 Å². The number of hydrogen-bond acceptors (Lipinski definition) is 12. The van der Waals surface area contributed by atoms with E-state index in [4.69, 9.17) is 28.4 Å². The second-order valence-corrected chi connectivity index (χ2v) is 17.5. The zero-order valence-electron chi connectivity index (χ0n) is 39.5. The predicted molar refractivity (Wildman–Crippen MR) is 257 cm³/mol. The molecule has 0 spiro atoms. The van der Waals surface area contributed by atoms with Crippen LogP contribution in [-0.4, -0.2) is 105 Å². The van der Waals surface area contributed by atoms with Crippen molar-refractivity contribution in [3.05, 3.63) is 142 Å². The van der Waals surface area contributed by atoms with Gasteiger partial charge in [0.25, 0.3) is 0 Å². The van der Waals surface area contributed by atoms with Gasteiger partial charge < -0.3 is 48.8 Å². The lowest BCUT2D eigenvalue weighted by molar-refractivity contribution is -0.0849. The quantitative estimate of drug-likeness (QED) is 0.0536. The molecule has 1 saturated carbocycles. The number of carbonyl (C=O) groups is 2. The van der Waals surface area contributed by atoms with E-state index in [0.29, 0.717) is 81.6 Å². The van der Waals surface area contributed by atoms with E-state index in [1.807, 2.05) is 50.2 Å². The lowest BCUT2D eigenvalue weighted by atomic mass is 9.94. The lowest BCUT2D eigenvalue weighted by Gasteiger charge is -2.28. The highest BCUT2D eigenvalue weighted by molar-refractivity contribution is 6.03. The number of benzene rings is 5. The molecule has 0 bridgehead atoms. The molecule has 7 aromatic rings. The maximum absolute atomic E-state index is 13.1. The summed E-state index contributed by atoms with van der Waals surface area (Å²) < 4.78 is 38.9. The van der Waals surface area contributed by atoms with E-state index in [1.54, 1.807) is 92.7 Å². The fourth-order valence-electron chi connectivity index (χ4n) is 9.54. The number of methoxy groups -OCH3 is 4. The molecule has 6 atom stereocenters. The van der Waals surface area contributed by atoms with Gasteiger partial charge in [0, 0.05) is 28.1 Å². The van der Waals surface area contributed by atoms with Crippen LogP contribution in [0.5, 0.6) is 23.0 Å². The van der Waals surface area contributed by atoms with Crippen molar-refractivity contribution < 1.29 is 58.4 Å². The first kappa shape index (κ1) is 48.5. The Morgan fingerprint density at radius 2 is 1.32 bits per heavy atom. The van der Waals surface area contributed by atoms with Gasteiger partial charge in [0.1, 0.15) is 52.9 Å². The summed E-state index contributed by atoms with van der Waals surface area (Å²) in [5, 5.41) is 55.2. The number of aromatic nitrogens is 4. The van der Waals surface area contributed by atoms with Crippen molar-refractivity contribution in [2.45, 2.75) is 89.1 Å². The first-order valence-electron chi connectivity index (χ1n) is 22.8. The van der Waals surface area contributed by atoms with E-state index in [9.17, 15) is 30.0 Å². The van der Waals surface area contributed by atoms with Gasteiger partial charge in [0.05, 0.1) is 77.1 Å². The second-order valence-electron chi connectivity index (χ2n) is 17.5. The molecule has 1 aliphatic rings. The highest BCUT2D eigenvalue weighted by Gasteiger charge is 2.34. The Balaban J connectivity index is 1.06. The van der Waals surface area contributed by atoms with Crippen LogP contribution < -0.4 is 18.9 Å². The minimum absolute atomic E-state index is 0.0306. The number of carboxylic acid groups (broad SMARTS) is 2. The van der Waals surface area contributed by atoms with Crippen molar-refractivity contribution >= 4 is 33.7 Å². The van der Waals surface area contributed by atoms with Gasteiger partial charge in [-0.25, -0.2) is 9.59 Å². The molecule has 4 unspecified atom stereocenters. The van der Waals surface area contributed by atoms with Gasteiger partial charge in [-0.2, -0.15) is 10.2 Å². The van der Waals surface area contributed by atoms with Crippen LogP contribution in [0.1, 0.15) is 91.5 Å². The van der Waals surface area contributed by atoms with Crippen molar-refractivity contribution in [3.63, 3.8) is 0 Å². The molecule has 1 fully saturated rings. The summed E-state index contributed by atoms with van der Waals surface area (Å²) in [6, 6.07) is 25.5. The molecule has 16 nitrogen and oxygen atoms in total. The van der Waals surface area contributed by atoms with E-state index >= 15 is 0 Å². The first-order chi connectivity index (χ1) is 33.3. The molecule has 1 aliphatic carbocycles. The number of fused-ring (bicyclic) bond motifs is 2. The van der Waals surface area contributed by atoms with Crippen LogP contribution in [0.4, 0.5) is 0 Å². The Kier molecular flexibility index (Phi) is 14.8. The minimum atomic E-state index is -1.18. The van der Waals surface area contributed by atoms with E-state index < -0.39 is 36.4 Å². The molecular weight excluding hydrogens is 885 g/mol. The third kappa shape index (κ3) is 10.4. The van der Waals surface area contributed by atoms with Gasteiger partial charge in [0.2, 0.25) is 0 Å². The second kappa shape index (κ2) is 21.1. The summed E-state index contributed by atoms with van der Waals surface area (Å²) in [7, 11) is 6.20. The highest BCUT2D eigenvalue weighted by atomic mass is 16.5. The summed E-state index contributed by atoms with van der Waals surface area (Å²) in [6.07, 6.45) is 1.38. The Morgan fingerprint density at radius 1 is 0.710 bits per heavy atom. The summed E-state index contributed by atoms with van der Waals surface area (Å²) in [4.78, 5) is 25.2. The number of hydrogen-bond donors (Lipinski definition) is 4. The van der Waals surface area contributed by atoms with Gasteiger partial charge in [-0.3, -0.25) is 9.36 Å². The summed E-state index contributed by atoms with van der Waals surface area (Å²) in [5.41, 5.74) is 5.26. The van der Waals surface area contributed by atoms with Gasteiger partial charge in [-0.1, -0.05) is 42.5 Å². The number of aliphatic hydroxyl groups is 2. The Bertz CT molecular complexity index is 2900. The highest BCUT2D eigenvalue weighted by Crippen LogP contribution is 2.41. The molecule has 0 saturated heterocycles. The Morgan fingerprint density at radius 3 is 1.91 bits per heavy atom. The SMILES string of the molecule is COc1cc(C(O)C(Cn2ncc3cc(C4CCC(O[C@@H](Cn5cc6cccc(C(=O)O)c6n5)[C@H](O)c5cc(OC)c(C)c(OC)c5)C4)cc(C(=O)O)c32)OCCc2ccccc2)cc(OC)c1C. The number of aromatic carboxylic acids is 2. The largest absolute Gasteiger partial charge is 0.496 e. The molecular formula is C53H58N4O12. The number of carboxylic acids is 2.